The van der Waals surface area contributed by atoms with Crippen molar-refractivity contribution >= 4 is 5.69 Å². The Morgan fingerprint density at radius 2 is 2.39 bits per heavy atom. The van der Waals surface area contributed by atoms with Crippen LogP contribution in [0.3, 0.4) is 0 Å². The largest absolute Gasteiger partial charge is 0.383 e. The number of pyridine rings is 1. The number of hydrogen-bond donors (Lipinski definition) is 0. The van der Waals surface area contributed by atoms with Gasteiger partial charge in [0.05, 0.1) is 12.3 Å². The number of nitriles is 1. The minimum Gasteiger partial charge on any atom is -0.383 e. The van der Waals surface area contributed by atoms with Crippen molar-refractivity contribution < 1.29 is 4.74 Å². The molecule has 1 aromatic rings. The molecule has 1 fully saturated rings. The summed E-state index contributed by atoms with van der Waals surface area (Å²) in [4.78, 5) is 6.40. The van der Waals surface area contributed by atoms with E-state index >= 15 is 0 Å². The standard InChI is InChI=1S/C14H19N3O/c1-11(12-5-6-12)17(8-9-18-2)14-4-3-7-16-13(14)10-15/h3-4,7,11-12H,5-6,8-9H2,1-2H3. The highest BCUT2D eigenvalue weighted by molar-refractivity contribution is 5.56. The fraction of sp³-hybridized carbons (Fsp3) is 0.571. The normalized spacial score (nSPS) is 16.1. The summed E-state index contributed by atoms with van der Waals surface area (Å²) < 4.78 is 5.17. The molecule has 1 aromatic heterocycles. The van der Waals surface area contributed by atoms with E-state index in [0.717, 1.165) is 18.2 Å². The van der Waals surface area contributed by atoms with E-state index < -0.39 is 0 Å². The summed E-state index contributed by atoms with van der Waals surface area (Å²) in [5, 5.41) is 9.16. The third-order valence-corrected chi connectivity index (χ3v) is 3.53. The maximum atomic E-state index is 9.16. The Morgan fingerprint density at radius 3 is 3.00 bits per heavy atom. The zero-order valence-corrected chi connectivity index (χ0v) is 11.0. The third-order valence-electron chi connectivity index (χ3n) is 3.53. The van der Waals surface area contributed by atoms with Gasteiger partial charge in [-0.25, -0.2) is 4.98 Å². The summed E-state index contributed by atoms with van der Waals surface area (Å²) >= 11 is 0. The molecule has 1 aliphatic carbocycles. The van der Waals surface area contributed by atoms with Crippen LogP contribution in [0.15, 0.2) is 18.3 Å². The molecule has 18 heavy (non-hydrogen) atoms. The van der Waals surface area contributed by atoms with Crippen molar-refractivity contribution in [1.29, 1.82) is 5.26 Å². The predicted molar refractivity (Wildman–Crippen MR) is 70.4 cm³/mol. The smallest absolute Gasteiger partial charge is 0.163 e. The van der Waals surface area contributed by atoms with Gasteiger partial charge in [-0.1, -0.05) is 0 Å². The van der Waals surface area contributed by atoms with Crippen LogP contribution in [0, 0.1) is 17.2 Å². The summed E-state index contributed by atoms with van der Waals surface area (Å²) in [6.07, 6.45) is 4.23. The molecule has 1 saturated carbocycles. The topological polar surface area (TPSA) is 49.1 Å². The van der Waals surface area contributed by atoms with Gasteiger partial charge in [0.25, 0.3) is 0 Å². The van der Waals surface area contributed by atoms with Gasteiger partial charge in [0.1, 0.15) is 6.07 Å². The molecule has 0 aliphatic heterocycles. The van der Waals surface area contributed by atoms with E-state index in [9.17, 15) is 0 Å². The quantitative estimate of drug-likeness (QED) is 0.771. The van der Waals surface area contributed by atoms with Crippen LogP contribution in [-0.2, 0) is 4.74 Å². The van der Waals surface area contributed by atoms with Gasteiger partial charge < -0.3 is 9.64 Å². The Hall–Kier alpha value is -1.60. The van der Waals surface area contributed by atoms with E-state index in [1.807, 2.05) is 12.1 Å². The van der Waals surface area contributed by atoms with E-state index in [-0.39, 0.29) is 0 Å². The molecule has 0 amide bonds. The second-order valence-electron chi connectivity index (χ2n) is 4.75. The molecule has 0 aromatic carbocycles. The number of methoxy groups -OCH3 is 1. The molecular weight excluding hydrogens is 226 g/mol. The monoisotopic (exact) mass is 245 g/mol. The molecule has 1 heterocycles. The number of aromatic nitrogens is 1. The van der Waals surface area contributed by atoms with Gasteiger partial charge in [0.2, 0.25) is 0 Å². The van der Waals surface area contributed by atoms with Crippen molar-refractivity contribution in [1.82, 2.24) is 4.98 Å². The van der Waals surface area contributed by atoms with Gasteiger partial charge in [-0.15, -0.1) is 0 Å². The van der Waals surface area contributed by atoms with E-state index in [4.69, 9.17) is 10.00 Å². The minimum absolute atomic E-state index is 0.441. The fourth-order valence-electron chi connectivity index (χ4n) is 2.28. The first-order chi connectivity index (χ1) is 8.77. The van der Waals surface area contributed by atoms with Crippen LogP contribution in [0.2, 0.25) is 0 Å². The van der Waals surface area contributed by atoms with E-state index in [0.29, 0.717) is 18.3 Å². The number of ether oxygens (including phenoxy) is 1. The molecule has 1 aliphatic rings. The number of hydrogen-bond acceptors (Lipinski definition) is 4. The Balaban J connectivity index is 2.23. The van der Waals surface area contributed by atoms with Crippen molar-refractivity contribution in [3.05, 3.63) is 24.0 Å². The molecule has 1 atom stereocenters. The first-order valence-electron chi connectivity index (χ1n) is 6.38. The van der Waals surface area contributed by atoms with Crippen molar-refractivity contribution in [2.75, 3.05) is 25.2 Å². The highest BCUT2D eigenvalue weighted by atomic mass is 16.5. The van der Waals surface area contributed by atoms with E-state index in [1.54, 1.807) is 13.3 Å². The Bertz CT molecular complexity index is 437. The number of nitrogens with zero attached hydrogens (tertiary/aromatic N) is 3. The van der Waals surface area contributed by atoms with Crippen LogP contribution in [0.1, 0.15) is 25.5 Å². The molecule has 96 valence electrons. The van der Waals surface area contributed by atoms with Crippen LogP contribution in [0.5, 0.6) is 0 Å². The molecule has 4 nitrogen and oxygen atoms in total. The van der Waals surface area contributed by atoms with Gasteiger partial charge in [-0.2, -0.15) is 5.26 Å². The molecule has 0 bridgehead atoms. The fourth-order valence-corrected chi connectivity index (χ4v) is 2.28. The minimum atomic E-state index is 0.441. The molecule has 0 spiro atoms. The molecule has 4 heteroatoms. The number of anilines is 1. The first kappa shape index (κ1) is 12.8. The highest BCUT2D eigenvalue weighted by Crippen LogP contribution is 2.37. The summed E-state index contributed by atoms with van der Waals surface area (Å²) in [6, 6.07) is 6.47. The lowest BCUT2D eigenvalue weighted by Gasteiger charge is -2.31. The summed E-state index contributed by atoms with van der Waals surface area (Å²) in [6.45, 7) is 3.69. The second-order valence-corrected chi connectivity index (χ2v) is 4.75. The third kappa shape index (κ3) is 2.80. The second kappa shape index (κ2) is 5.83. The van der Waals surface area contributed by atoms with E-state index in [2.05, 4.69) is 22.9 Å². The van der Waals surface area contributed by atoms with Crippen LogP contribution < -0.4 is 4.90 Å². The Labute approximate surface area is 108 Å². The average Bonchev–Trinajstić information content (AvgIpc) is 3.23. The van der Waals surface area contributed by atoms with E-state index in [1.165, 1.54) is 12.8 Å². The SMILES string of the molecule is COCCN(c1cccnc1C#N)C(C)C1CC1. The van der Waals surface area contributed by atoms with Crippen LogP contribution in [0.4, 0.5) is 5.69 Å². The zero-order valence-electron chi connectivity index (χ0n) is 11.0. The van der Waals surface area contributed by atoms with Crippen molar-refractivity contribution in [3.8, 4) is 6.07 Å². The molecule has 0 N–H and O–H groups in total. The highest BCUT2D eigenvalue weighted by Gasteiger charge is 2.32. The van der Waals surface area contributed by atoms with Crippen LogP contribution in [-0.4, -0.2) is 31.3 Å². The predicted octanol–water partition coefficient (Wildman–Crippen LogP) is 2.20. The lowest BCUT2D eigenvalue weighted by molar-refractivity contribution is 0.202. The molecule has 0 radical (unpaired) electrons. The van der Waals surface area contributed by atoms with Crippen molar-refractivity contribution in [2.45, 2.75) is 25.8 Å². The molecule has 1 unspecified atom stereocenters. The molecular formula is C14H19N3O. The van der Waals surface area contributed by atoms with Crippen LogP contribution >= 0.6 is 0 Å². The van der Waals surface area contributed by atoms with Crippen molar-refractivity contribution in [3.63, 3.8) is 0 Å². The summed E-state index contributed by atoms with van der Waals surface area (Å²) in [7, 11) is 1.70. The van der Waals surface area contributed by atoms with Gasteiger partial charge in [0, 0.05) is 25.9 Å². The van der Waals surface area contributed by atoms with Crippen LogP contribution in [0.25, 0.3) is 0 Å². The molecule has 0 saturated heterocycles. The maximum absolute atomic E-state index is 9.16. The maximum Gasteiger partial charge on any atom is 0.163 e. The summed E-state index contributed by atoms with van der Waals surface area (Å²) in [5.41, 5.74) is 1.43. The Morgan fingerprint density at radius 1 is 1.61 bits per heavy atom. The number of rotatable bonds is 6. The Kier molecular flexibility index (Phi) is 4.16. The van der Waals surface area contributed by atoms with Gasteiger partial charge in [0.15, 0.2) is 5.69 Å². The first-order valence-corrected chi connectivity index (χ1v) is 6.38. The van der Waals surface area contributed by atoms with Gasteiger partial charge in [-0.05, 0) is 37.8 Å². The summed E-state index contributed by atoms with van der Waals surface area (Å²) in [5.74, 6) is 0.744. The lowest BCUT2D eigenvalue weighted by Crippen LogP contribution is -2.37. The lowest BCUT2D eigenvalue weighted by atomic mass is 10.1. The zero-order chi connectivity index (χ0) is 13.0. The van der Waals surface area contributed by atoms with Gasteiger partial charge >= 0.3 is 0 Å². The van der Waals surface area contributed by atoms with Crippen molar-refractivity contribution in [2.24, 2.45) is 5.92 Å². The average molecular weight is 245 g/mol. The molecule has 2 rings (SSSR count). The van der Waals surface area contributed by atoms with Gasteiger partial charge in [-0.3, -0.25) is 0 Å².